The molecular formula is C14H24N4O. The Hall–Kier alpha value is -1.20. The van der Waals surface area contributed by atoms with E-state index < -0.39 is 5.60 Å². The first-order chi connectivity index (χ1) is 8.91. The zero-order valence-electron chi connectivity index (χ0n) is 12.3. The van der Waals surface area contributed by atoms with Crippen LogP contribution in [-0.2, 0) is 5.60 Å². The van der Waals surface area contributed by atoms with Gasteiger partial charge < -0.3 is 10.0 Å². The molecule has 1 saturated heterocycles. The average molecular weight is 264 g/mol. The second-order valence-corrected chi connectivity index (χ2v) is 5.75. The van der Waals surface area contributed by atoms with Gasteiger partial charge in [0.2, 0.25) is 0 Å². The van der Waals surface area contributed by atoms with Gasteiger partial charge in [0.25, 0.3) is 0 Å². The molecule has 1 aliphatic rings. The van der Waals surface area contributed by atoms with Crippen LogP contribution < -0.4 is 4.90 Å². The molecule has 19 heavy (non-hydrogen) atoms. The standard InChI is InChI=1S/C14H24N4O/c1-5-17-6-7-18(11(2)10-17)13-9-15-12(8-16-13)14(3,4)19/h8-9,11,19H,5-7,10H2,1-4H3. The molecule has 1 unspecified atom stereocenters. The van der Waals surface area contributed by atoms with E-state index in [1.54, 1.807) is 26.2 Å². The molecule has 1 atom stereocenters. The highest BCUT2D eigenvalue weighted by molar-refractivity contribution is 5.38. The van der Waals surface area contributed by atoms with Gasteiger partial charge in [0.15, 0.2) is 0 Å². The largest absolute Gasteiger partial charge is 0.384 e. The number of piperazine rings is 1. The highest BCUT2D eigenvalue weighted by Gasteiger charge is 2.25. The lowest BCUT2D eigenvalue weighted by Gasteiger charge is -2.40. The van der Waals surface area contributed by atoms with Crippen LogP contribution in [0.4, 0.5) is 5.82 Å². The Morgan fingerprint density at radius 3 is 2.53 bits per heavy atom. The van der Waals surface area contributed by atoms with E-state index >= 15 is 0 Å². The topological polar surface area (TPSA) is 52.5 Å². The lowest BCUT2D eigenvalue weighted by Crippen LogP contribution is -2.52. The summed E-state index contributed by atoms with van der Waals surface area (Å²) < 4.78 is 0. The first-order valence-electron chi connectivity index (χ1n) is 6.95. The van der Waals surface area contributed by atoms with E-state index in [0.717, 1.165) is 32.0 Å². The van der Waals surface area contributed by atoms with Crippen LogP contribution in [0.25, 0.3) is 0 Å². The number of hydrogen-bond acceptors (Lipinski definition) is 5. The fourth-order valence-corrected chi connectivity index (χ4v) is 2.45. The molecule has 1 N–H and O–H groups in total. The van der Waals surface area contributed by atoms with E-state index in [2.05, 4.69) is 33.6 Å². The van der Waals surface area contributed by atoms with Crippen molar-refractivity contribution in [3.63, 3.8) is 0 Å². The van der Waals surface area contributed by atoms with E-state index in [-0.39, 0.29) is 0 Å². The van der Waals surface area contributed by atoms with E-state index in [0.29, 0.717) is 11.7 Å². The molecule has 5 nitrogen and oxygen atoms in total. The zero-order chi connectivity index (χ0) is 14.0. The minimum absolute atomic E-state index is 0.441. The van der Waals surface area contributed by atoms with Gasteiger partial charge in [-0.2, -0.15) is 0 Å². The molecular weight excluding hydrogens is 240 g/mol. The molecule has 5 heteroatoms. The van der Waals surface area contributed by atoms with E-state index in [9.17, 15) is 5.11 Å². The molecule has 0 aliphatic carbocycles. The summed E-state index contributed by atoms with van der Waals surface area (Å²) in [5, 5.41) is 9.89. The van der Waals surface area contributed by atoms with Crippen LogP contribution in [-0.4, -0.2) is 52.2 Å². The number of hydrogen-bond donors (Lipinski definition) is 1. The smallest absolute Gasteiger partial charge is 0.147 e. The van der Waals surface area contributed by atoms with Gasteiger partial charge >= 0.3 is 0 Å². The molecule has 0 bridgehead atoms. The van der Waals surface area contributed by atoms with E-state index in [4.69, 9.17) is 0 Å². The van der Waals surface area contributed by atoms with Crippen molar-refractivity contribution in [2.45, 2.75) is 39.3 Å². The summed E-state index contributed by atoms with van der Waals surface area (Å²) in [6.45, 7) is 12.1. The molecule has 2 rings (SSSR count). The number of nitrogens with zero attached hydrogens (tertiary/aromatic N) is 4. The summed E-state index contributed by atoms with van der Waals surface area (Å²) >= 11 is 0. The molecule has 0 aromatic carbocycles. The van der Waals surface area contributed by atoms with Gasteiger partial charge in [-0.25, -0.2) is 4.98 Å². The van der Waals surface area contributed by atoms with Crippen LogP contribution in [0, 0.1) is 0 Å². The third kappa shape index (κ3) is 3.22. The summed E-state index contributed by atoms with van der Waals surface area (Å²) in [5.74, 6) is 0.899. The summed E-state index contributed by atoms with van der Waals surface area (Å²) in [7, 11) is 0. The number of likely N-dealkylation sites (N-methyl/N-ethyl adjacent to an activating group) is 1. The maximum absolute atomic E-state index is 9.89. The highest BCUT2D eigenvalue weighted by atomic mass is 16.3. The Balaban J connectivity index is 2.10. The van der Waals surface area contributed by atoms with E-state index in [1.807, 2.05) is 0 Å². The van der Waals surface area contributed by atoms with Crippen LogP contribution in [0.15, 0.2) is 12.4 Å². The number of rotatable bonds is 3. The minimum atomic E-state index is -0.932. The SMILES string of the molecule is CCN1CCN(c2cnc(C(C)(C)O)cn2)C(C)C1. The molecule has 2 heterocycles. The summed E-state index contributed by atoms with van der Waals surface area (Å²) in [6, 6.07) is 0.441. The van der Waals surface area contributed by atoms with Crippen molar-refractivity contribution in [1.82, 2.24) is 14.9 Å². The first-order valence-corrected chi connectivity index (χ1v) is 6.95. The predicted molar refractivity (Wildman–Crippen MR) is 76.2 cm³/mol. The van der Waals surface area contributed by atoms with Crippen molar-refractivity contribution in [2.24, 2.45) is 0 Å². The van der Waals surface area contributed by atoms with Crippen molar-refractivity contribution in [3.8, 4) is 0 Å². The van der Waals surface area contributed by atoms with Gasteiger partial charge in [-0.1, -0.05) is 6.92 Å². The van der Waals surface area contributed by atoms with Crippen molar-refractivity contribution in [1.29, 1.82) is 0 Å². The maximum Gasteiger partial charge on any atom is 0.147 e. The lowest BCUT2D eigenvalue weighted by atomic mass is 10.1. The maximum atomic E-state index is 9.89. The molecule has 106 valence electrons. The fourth-order valence-electron chi connectivity index (χ4n) is 2.45. The predicted octanol–water partition coefficient (Wildman–Crippen LogP) is 1.23. The fraction of sp³-hybridized carbons (Fsp3) is 0.714. The third-order valence-electron chi connectivity index (χ3n) is 3.72. The Morgan fingerprint density at radius 1 is 1.32 bits per heavy atom. The molecule has 0 amide bonds. The van der Waals surface area contributed by atoms with Crippen molar-refractivity contribution in [2.75, 3.05) is 31.1 Å². The second-order valence-electron chi connectivity index (χ2n) is 5.75. The molecule has 0 radical (unpaired) electrons. The Bertz CT molecular complexity index is 412. The van der Waals surface area contributed by atoms with Gasteiger partial charge in [-0.15, -0.1) is 0 Å². The average Bonchev–Trinajstić information content (AvgIpc) is 2.37. The number of anilines is 1. The monoisotopic (exact) mass is 264 g/mol. The van der Waals surface area contributed by atoms with Crippen LogP contribution in [0.2, 0.25) is 0 Å². The van der Waals surface area contributed by atoms with Gasteiger partial charge in [0.05, 0.1) is 18.1 Å². The van der Waals surface area contributed by atoms with Crippen molar-refractivity contribution >= 4 is 5.82 Å². The quantitative estimate of drug-likeness (QED) is 0.890. The van der Waals surface area contributed by atoms with Crippen molar-refractivity contribution in [3.05, 3.63) is 18.1 Å². The van der Waals surface area contributed by atoms with Crippen LogP contribution >= 0.6 is 0 Å². The van der Waals surface area contributed by atoms with Gasteiger partial charge in [-0.3, -0.25) is 9.88 Å². The molecule has 0 saturated carbocycles. The highest BCUT2D eigenvalue weighted by Crippen LogP contribution is 2.20. The number of aliphatic hydroxyl groups is 1. The Labute approximate surface area is 115 Å². The van der Waals surface area contributed by atoms with E-state index in [1.165, 1.54) is 0 Å². The molecule has 1 aromatic heterocycles. The van der Waals surface area contributed by atoms with Crippen LogP contribution in [0.1, 0.15) is 33.4 Å². The summed E-state index contributed by atoms with van der Waals surface area (Å²) in [4.78, 5) is 13.5. The van der Waals surface area contributed by atoms with Gasteiger partial charge in [0, 0.05) is 25.7 Å². The summed E-state index contributed by atoms with van der Waals surface area (Å²) in [6.07, 6.45) is 3.44. The Morgan fingerprint density at radius 2 is 2.05 bits per heavy atom. The molecule has 0 spiro atoms. The molecule has 1 aliphatic heterocycles. The van der Waals surface area contributed by atoms with Crippen LogP contribution in [0.5, 0.6) is 0 Å². The third-order valence-corrected chi connectivity index (χ3v) is 3.72. The second kappa shape index (κ2) is 5.43. The van der Waals surface area contributed by atoms with Gasteiger partial charge in [0.1, 0.15) is 11.4 Å². The molecule has 1 fully saturated rings. The minimum Gasteiger partial charge on any atom is -0.384 e. The van der Waals surface area contributed by atoms with Crippen LogP contribution in [0.3, 0.4) is 0 Å². The molecule has 1 aromatic rings. The summed E-state index contributed by atoms with van der Waals surface area (Å²) in [5.41, 5.74) is -0.325. The normalized spacial score (nSPS) is 21.7. The number of aromatic nitrogens is 2. The first kappa shape index (κ1) is 14.2. The Kier molecular flexibility index (Phi) is 4.06. The zero-order valence-corrected chi connectivity index (χ0v) is 12.3. The lowest BCUT2D eigenvalue weighted by molar-refractivity contribution is 0.0734. The van der Waals surface area contributed by atoms with Crippen molar-refractivity contribution < 1.29 is 5.11 Å². The van der Waals surface area contributed by atoms with Gasteiger partial charge in [-0.05, 0) is 27.3 Å².